The molecule has 0 fully saturated rings. The van der Waals surface area contributed by atoms with Crippen LogP contribution >= 0.6 is 0 Å². The first-order valence-corrected chi connectivity index (χ1v) is 10.8. The van der Waals surface area contributed by atoms with Gasteiger partial charge in [-0.3, -0.25) is 9.59 Å². The van der Waals surface area contributed by atoms with E-state index in [0.29, 0.717) is 17.2 Å². The summed E-state index contributed by atoms with van der Waals surface area (Å²) in [5.74, 6) is 0.831. The van der Waals surface area contributed by atoms with Crippen molar-refractivity contribution in [2.45, 2.75) is 0 Å². The molecule has 4 N–H and O–H groups in total. The summed E-state index contributed by atoms with van der Waals surface area (Å²) in [6.07, 6.45) is 2.49. The van der Waals surface area contributed by atoms with Gasteiger partial charge in [0, 0.05) is 23.6 Å². The molecule has 9 heteroatoms. The summed E-state index contributed by atoms with van der Waals surface area (Å²) in [5, 5.41) is 5.94. The number of ether oxygens (including phenoxy) is 2. The lowest BCUT2D eigenvalue weighted by Gasteiger charge is -2.13. The lowest BCUT2D eigenvalue weighted by Crippen LogP contribution is -2.15. The third-order valence-electron chi connectivity index (χ3n) is 4.51. The van der Waals surface area contributed by atoms with E-state index in [1.165, 1.54) is 6.20 Å². The molecule has 0 aliphatic heterocycles. The van der Waals surface area contributed by atoms with Crippen LogP contribution in [0.2, 0.25) is 0 Å². The number of aromatic nitrogens is 2. The second-order valence-electron chi connectivity index (χ2n) is 7.11. The van der Waals surface area contributed by atoms with Crippen LogP contribution in [-0.2, 0) is 4.79 Å². The number of nitrogens with one attached hydrogen (secondary N) is 2. The predicted octanol–water partition coefficient (Wildman–Crippen LogP) is 4.93. The van der Waals surface area contributed by atoms with Crippen LogP contribution in [-0.4, -0.2) is 28.9 Å². The topological polar surface area (TPSA) is 128 Å². The molecule has 9 nitrogen and oxygen atoms in total. The van der Waals surface area contributed by atoms with E-state index in [2.05, 4.69) is 32.9 Å². The Bertz CT molecular complexity index is 1310. The minimum atomic E-state index is -0.481. The molecule has 1 aromatic heterocycles. The standard InChI is InChI=1S/C24H20N4O3.C3H5NO/c1-30-20-14-8-11-18(15-20)27-24-25-16-21(22(29)26-17-9-4-2-5-10-17)23(28-24)31-19-12-6-3-7-13-19;1-2-3(4)5/h2-16H,1H3,(H,26,29)(H,25,27,28);2H,1H2,(H2,4,5). The first kappa shape index (κ1) is 25.4. The average Bonchev–Trinajstić information content (AvgIpc) is 2.90. The van der Waals surface area contributed by atoms with Gasteiger partial charge < -0.3 is 25.8 Å². The highest BCUT2D eigenvalue weighted by Gasteiger charge is 2.17. The minimum absolute atomic E-state index is 0.139. The lowest BCUT2D eigenvalue weighted by molar-refractivity contribution is -0.113. The molecule has 0 unspecified atom stereocenters. The van der Waals surface area contributed by atoms with Crippen molar-refractivity contribution in [1.82, 2.24) is 9.97 Å². The number of primary amides is 1. The molecule has 0 aliphatic rings. The molecule has 4 aromatic rings. The summed E-state index contributed by atoms with van der Waals surface area (Å²) in [5.41, 5.74) is 6.15. The fraction of sp³-hybridized carbons (Fsp3) is 0.0370. The summed E-state index contributed by atoms with van der Waals surface area (Å²) in [6.45, 7) is 3.09. The number of carbonyl (C=O) groups excluding carboxylic acids is 2. The maximum absolute atomic E-state index is 12.9. The van der Waals surface area contributed by atoms with E-state index in [1.807, 2.05) is 60.7 Å². The van der Waals surface area contributed by atoms with Crippen molar-refractivity contribution >= 4 is 29.1 Å². The van der Waals surface area contributed by atoms with E-state index < -0.39 is 5.91 Å². The first-order chi connectivity index (χ1) is 17.5. The van der Waals surface area contributed by atoms with Crippen LogP contribution in [0.15, 0.2) is 104 Å². The van der Waals surface area contributed by atoms with Crippen LogP contribution in [0.4, 0.5) is 17.3 Å². The molecule has 0 bridgehead atoms. The van der Waals surface area contributed by atoms with Crippen LogP contribution in [0.3, 0.4) is 0 Å². The van der Waals surface area contributed by atoms with Crippen molar-refractivity contribution in [2.24, 2.45) is 5.73 Å². The SMILES string of the molecule is C=CC(N)=O.COc1cccc(Nc2ncc(C(=O)Nc3ccccc3)c(Oc3ccccc3)n2)c1. The molecule has 0 spiro atoms. The normalized spacial score (nSPS) is 9.69. The number of nitrogens with two attached hydrogens (primary N) is 1. The largest absolute Gasteiger partial charge is 0.497 e. The molecule has 0 saturated carbocycles. The summed E-state index contributed by atoms with van der Waals surface area (Å²) >= 11 is 0. The fourth-order valence-corrected chi connectivity index (χ4v) is 2.81. The molecular weight excluding hydrogens is 458 g/mol. The summed E-state index contributed by atoms with van der Waals surface area (Å²) in [6, 6.07) is 25.7. The van der Waals surface area contributed by atoms with E-state index in [4.69, 9.17) is 9.47 Å². The Morgan fingerprint density at radius 3 is 2.17 bits per heavy atom. The average molecular weight is 484 g/mol. The zero-order chi connectivity index (χ0) is 25.8. The van der Waals surface area contributed by atoms with Crippen LogP contribution in [0.5, 0.6) is 17.4 Å². The van der Waals surface area contributed by atoms with Crippen molar-refractivity contribution in [1.29, 1.82) is 0 Å². The Kier molecular flexibility index (Phi) is 9.12. The van der Waals surface area contributed by atoms with Crippen LogP contribution in [0.1, 0.15) is 10.4 Å². The van der Waals surface area contributed by atoms with Crippen LogP contribution in [0.25, 0.3) is 0 Å². The van der Waals surface area contributed by atoms with E-state index >= 15 is 0 Å². The number of methoxy groups -OCH3 is 1. The van der Waals surface area contributed by atoms with Crippen LogP contribution < -0.4 is 25.8 Å². The number of nitrogens with zero attached hydrogens (tertiary/aromatic N) is 2. The summed E-state index contributed by atoms with van der Waals surface area (Å²) in [7, 11) is 1.60. The van der Waals surface area contributed by atoms with Gasteiger partial charge in [-0.15, -0.1) is 0 Å². The Balaban J connectivity index is 0.000000658. The maximum Gasteiger partial charge on any atom is 0.262 e. The van der Waals surface area contributed by atoms with E-state index in [9.17, 15) is 9.59 Å². The predicted molar refractivity (Wildman–Crippen MR) is 139 cm³/mol. The highest BCUT2D eigenvalue weighted by Crippen LogP contribution is 2.26. The number of rotatable bonds is 8. The molecule has 2 amide bonds. The molecule has 1 heterocycles. The summed E-state index contributed by atoms with van der Waals surface area (Å²) in [4.78, 5) is 31.1. The second-order valence-corrected chi connectivity index (χ2v) is 7.11. The van der Waals surface area contributed by atoms with Crippen LogP contribution in [0, 0.1) is 0 Å². The molecule has 0 atom stereocenters. The Hall–Kier alpha value is -5.18. The number of benzene rings is 3. The number of hydrogen-bond donors (Lipinski definition) is 3. The van der Waals surface area contributed by atoms with Gasteiger partial charge in [-0.25, -0.2) is 4.98 Å². The molecule has 0 saturated heterocycles. The van der Waals surface area contributed by atoms with Gasteiger partial charge in [0.05, 0.1) is 7.11 Å². The quantitative estimate of drug-likeness (QED) is 0.303. The van der Waals surface area contributed by atoms with E-state index in [-0.39, 0.29) is 23.3 Å². The van der Waals surface area contributed by atoms with Gasteiger partial charge in [-0.05, 0) is 42.5 Å². The van der Waals surface area contributed by atoms with Crippen molar-refractivity contribution < 1.29 is 19.1 Å². The molecule has 0 radical (unpaired) electrons. The number of amides is 2. The van der Waals surface area contributed by atoms with Crippen molar-refractivity contribution in [3.63, 3.8) is 0 Å². The van der Waals surface area contributed by atoms with Gasteiger partial charge in [0.25, 0.3) is 5.91 Å². The molecule has 182 valence electrons. The molecule has 4 rings (SSSR count). The van der Waals surface area contributed by atoms with Gasteiger partial charge in [-0.2, -0.15) is 4.98 Å². The third-order valence-corrected chi connectivity index (χ3v) is 4.51. The fourth-order valence-electron chi connectivity index (χ4n) is 2.81. The van der Waals surface area contributed by atoms with Gasteiger partial charge >= 0.3 is 0 Å². The maximum atomic E-state index is 12.9. The van der Waals surface area contributed by atoms with E-state index in [1.54, 1.807) is 31.4 Å². The van der Waals surface area contributed by atoms with Gasteiger partial charge in [0.2, 0.25) is 17.7 Å². The third kappa shape index (κ3) is 7.70. The van der Waals surface area contributed by atoms with Gasteiger partial charge in [0.1, 0.15) is 17.1 Å². The molecular formula is C27H25N5O4. The first-order valence-electron chi connectivity index (χ1n) is 10.8. The number of para-hydroxylation sites is 2. The second kappa shape index (κ2) is 12.9. The Morgan fingerprint density at radius 1 is 0.917 bits per heavy atom. The Labute approximate surface area is 208 Å². The molecule has 3 aromatic carbocycles. The minimum Gasteiger partial charge on any atom is -0.497 e. The number of carbonyl (C=O) groups is 2. The zero-order valence-corrected chi connectivity index (χ0v) is 19.5. The molecule has 36 heavy (non-hydrogen) atoms. The number of anilines is 3. The summed E-state index contributed by atoms with van der Waals surface area (Å²) < 4.78 is 11.2. The van der Waals surface area contributed by atoms with Gasteiger partial charge in [-0.1, -0.05) is 49.0 Å². The van der Waals surface area contributed by atoms with Gasteiger partial charge in [0.15, 0.2) is 0 Å². The Morgan fingerprint density at radius 2 is 1.53 bits per heavy atom. The lowest BCUT2D eigenvalue weighted by atomic mass is 10.2. The van der Waals surface area contributed by atoms with E-state index in [0.717, 1.165) is 11.8 Å². The zero-order valence-electron chi connectivity index (χ0n) is 19.5. The smallest absolute Gasteiger partial charge is 0.262 e. The van der Waals surface area contributed by atoms with Crippen molar-refractivity contribution in [3.05, 3.63) is 109 Å². The monoisotopic (exact) mass is 483 g/mol. The number of hydrogen-bond acceptors (Lipinski definition) is 7. The molecule has 0 aliphatic carbocycles. The highest BCUT2D eigenvalue weighted by molar-refractivity contribution is 6.05. The van der Waals surface area contributed by atoms with Crippen molar-refractivity contribution in [3.8, 4) is 17.4 Å². The van der Waals surface area contributed by atoms with Crippen molar-refractivity contribution in [2.75, 3.05) is 17.7 Å². The highest BCUT2D eigenvalue weighted by atomic mass is 16.5.